The van der Waals surface area contributed by atoms with Gasteiger partial charge in [-0.2, -0.15) is 11.8 Å². The standard InChI is InChI=1S/C11H18O2S/c1-4-9(2)14-8-11(5-6-11)7-10(12)13-3/h4,9H,1,5-8H2,2-3H3. The minimum Gasteiger partial charge on any atom is -0.469 e. The molecule has 14 heavy (non-hydrogen) atoms. The lowest BCUT2D eigenvalue weighted by Crippen LogP contribution is -2.14. The molecular weight excluding hydrogens is 196 g/mol. The normalized spacial score (nSPS) is 19.9. The van der Waals surface area contributed by atoms with E-state index in [-0.39, 0.29) is 11.4 Å². The number of methoxy groups -OCH3 is 1. The molecule has 0 radical (unpaired) electrons. The van der Waals surface area contributed by atoms with Crippen molar-refractivity contribution in [3.8, 4) is 0 Å². The Morgan fingerprint density at radius 3 is 2.79 bits per heavy atom. The van der Waals surface area contributed by atoms with Crippen molar-refractivity contribution in [2.75, 3.05) is 12.9 Å². The summed E-state index contributed by atoms with van der Waals surface area (Å²) in [7, 11) is 1.46. The summed E-state index contributed by atoms with van der Waals surface area (Å²) in [5.41, 5.74) is 0.245. The number of esters is 1. The van der Waals surface area contributed by atoms with Crippen LogP contribution in [-0.4, -0.2) is 24.1 Å². The van der Waals surface area contributed by atoms with Gasteiger partial charge in [0.05, 0.1) is 13.5 Å². The van der Waals surface area contributed by atoms with Crippen LogP contribution in [-0.2, 0) is 9.53 Å². The lowest BCUT2D eigenvalue weighted by Gasteiger charge is -2.14. The molecule has 0 aromatic heterocycles. The summed E-state index contributed by atoms with van der Waals surface area (Å²) in [6, 6.07) is 0. The maximum atomic E-state index is 11.1. The predicted octanol–water partition coefficient (Wildman–Crippen LogP) is 2.64. The molecule has 0 aromatic rings. The molecule has 1 atom stereocenters. The maximum Gasteiger partial charge on any atom is 0.306 e. The summed E-state index contributed by atoms with van der Waals surface area (Å²) in [5, 5.41) is 0.477. The molecule has 0 saturated heterocycles. The molecule has 0 N–H and O–H groups in total. The highest BCUT2D eigenvalue weighted by molar-refractivity contribution is 8.00. The Balaban J connectivity index is 2.28. The third-order valence-electron chi connectivity index (χ3n) is 2.69. The molecule has 0 amide bonds. The molecule has 0 aromatic carbocycles. The summed E-state index contributed by atoms with van der Waals surface area (Å²) in [4.78, 5) is 11.1. The topological polar surface area (TPSA) is 26.3 Å². The van der Waals surface area contributed by atoms with Gasteiger partial charge in [-0.05, 0) is 25.2 Å². The van der Waals surface area contributed by atoms with Gasteiger partial charge in [0.1, 0.15) is 0 Å². The van der Waals surface area contributed by atoms with E-state index in [1.54, 1.807) is 0 Å². The molecule has 1 aliphatic rings. The van der Waals surface area contributed by atoms with Crippen molar-refractivity contribution in [2.45, 2.75) is 31.4 Å². The number of rotatable bonds is 6. The summed E-state index contributed by atoms with van der Waals surface area (Å²) >= 11 is 1.87. The second-order valence-corrected chi connectivity index (χ2v) is 5.37. The van der Waals surface area contributed by atoms with E-state index in [0.717, 1.165) is 5.75 Å². The zero-order valence-corrected chi connectivity index (χ0v) is 9.73. The van der Waals surface area contributed by atoms with Gasteiger partial charge in [0, 0.05) is 11.0 Å². The van der Waals surface area contributed by atoms with Gasteiger partial charge in [0.15, 0.2) is 0 Å². The first-order chi connectivity index (χ1) is 6.62. The number of carbonyl (C=O) groups is 1. The van der Waals surface area contributed by atoms with E-state index in [1.807, 2.05) is 17.8 Å². The van der Waals surface area contributed by atoms with Gasteiger partial charge < -0.3 is 4.74 Å². The molecule has 80 valence electrons. The predicted molar refractivity (Wildman–Crippen MR) is 60.4 cm³/mol. The van der Waals surface area contributed by atoms with E-state index in [2.05, 4.69) is 13.5 Å². The molecule has 1 saturated carbocycles. The fourth-order valence-electron chi connectivity index (χ4n) is 1.30. The number of hydrogen-bond donors (Lipinski definition) is 0. The van der Waals surface area contributed by atoms with Crippen molar-refractivity contribution in [1.82, 2.24) is 0 Å². The van der Waals surface area contributed by atoms with Crippen molar-refractivity contribution in [3.63, 3.8) is 0 Å². The monoisotopic (exact) mass is 214 g/mol. The smallest absolute Gasteiger partial charge is 0.306 e. The van der Waals surface area contributed by atoms with Crippen LogP contribution in [0.15, 0.2) is 12.7 Å². The fraction of sp³-hybridized carbons (Fsp3) is 0.727. The summed E-state index contributed by atoms with van der Waals surface area (Å²) in [6.45, 7) is 5.88. The highest BCUT2D eigenvalue weighted by Crippen LogP contribution is 2.51. The first kappa shape index (κ1) is 11.6. The Kier molecular flexibility index (Phi) is 4.05. The van der Waals surface area contributed by atoms with E-state index in [1.165, 1.54) is 20.0 Å². The van der Waals surface area contributed by atoms with E-state index < -0.39 is 0 Å². The van der Waals surface area contributed by atoms with Crippen LogP contribution in [0.25, 0.3) is 0 Å². The minimum absolute atomic E-state index is 0.0747. The molecule has 1 aliphatic carbocycles. The lowest BCUT2D eigenvalue weighted by molar-refractivity contribution is -0.141. The van der Waals surface area contributed by atoms with Crippen molar-refractivity contribution in [1.29, 1.82) is 0 Å². The van der Waals surface area contributed by atoms with Crippen LogP contribution in [0.3, 0.4) is 0 Å². The third-order valence-corrected chi connectivity index (χ3v) is 4.19. The SMILES string of the molecule is C=CC(C)SCC1(CC(=O)OC)CC1. The summed E-state index contributed by atoms with van der Waals surface area (Å²) in [5.74, 6) is 0.976. The average molecular weight is 214 g/mol. The molecule has 0 bridgehead atoms. The second-order valence-electron chi connectivity index (χ2n) is 4.00. The van der Waals surface area contributed by atoms with E-state index >= 15 is 0 Å². The molecule has 1 unspecified atom stereocenters. The number of hydrogen-bond acceptors (Lipinski definition) is 3. The lowest BCUT2D eigenvalue weighted by atomic mass is 10.1. The van der Waals surface area contributed by atoms with Crippen LogP contribution in [0.2, 0.25) is 0 Å². The largest absolute Gasteiger partial charge is 0.469 e. The van der Waals surface area contributed by atoms with Gasteiger partial charge in [-0.15, -0.1) is 6.58 Å². The fourth-order valence-corrected chi connectivity index (χ4v) is 2.45. The number of ether oxygens (including phenoxy) is 1. The summed E-state index contributed by atoms with van der Waals surface area (Å²) in [6.07, 6.45) is 4.86. The Bertz CT molecular complexity index is 221. The van der Waals surface area contributed by atoms with Gasteiger partial charge in [-0.3, -0.25) is 4.79 Å². The maximum absolute atomic E-state index is 11.1. The van der Waals surface area contributed by atoms with Crippen LogP contribution in [0, 0.1) is 5.41 Å². The zero-order chi connectivity index (χ0) is 10.6. The van der Waals surface area contributed by atoms with Crippen molar-refractivity contribution in [2.24, 2.45) is 5.41 Å². The van der Waals surface area contributed by atoms with Crippen molar-refractivity contribution in [3.05, 3.63) is 12.7 Å². The van der Waals surface area contributed by atoms with E-state index in [0.29, 0.717) is 11.7 Å². The van der Waals surface area contributed by atoms with Gasteiger partial charge in [-0.25, -0.2) is 0 Å². The first-order valence-electron chi connectivity index (χ1n) is 4.93. The Morgan fingerprint density at radius 2 is 2.36 bits per heavy atom. The highest BCUT2D eigenvalue weighted by atomic mass is 32.2. The zero-order valence-electron chi connectivity index (χ0n) is 8.91. The molecule has 1 fully saturated rings. The van der Waals surface area contributed by atoms with Crippen LogP contribution in [0.5, 0.6) is 0 Å². The Morgan fingerprint density at radius 1 is 1.71 bits per heavy atom. The second kappa shape index (κ2) is 4.87. The van der Waals surface area contributed by atoms with Crippen LogP contribution in [0.1, 0.15) is 26.2 Å². The molecule has 0 spiro atoms. The van der Waals surface area contributed by atoms with E-state index in [4.69, 9.17) is 4.74 Å². The van der Waals surface area contributed by atoms with Gasteiger partial charge in [0.25, 0.3) is 0 Å². The molecule has 3 heteroatoms. The molecular formula is C11H18O2S. The van der Waals surface area contributed by atoms with Gasteiger partial charge in [0.2, 0.25) is 0 Å². The first-order valence-corrected chi connectivity index (χ1v) is 5.98. The number of carbonyl (C=O) groups excluding carboxylic acids is 1. The molecule has 0 heterocycles. The quantitative estimate of drug-likeness (QED) is 0.502. The Hall–Kier alpha value is -0.440. The third kappa shape index (κ3) is 3.37. The van der Waals surface area contributed by atoms with E-state index in [9.17, 15) is 4.79 Å². The molecule has 1 rings (SSSR count). The molecule has 2 nitrogen and oxygen atoms in total. The average Bonchev–Trinajstić information content (AvgIpc) is 2.94. The highest BCUT2D eigenvalue weighted by Gasteiger charge is 2.44. The van der Waals surface area contributed by atoms with Gasteiger partial charge >= 0.3 is 5.97 Å². The number of thioether (sulfide) groups is 1. The summed E-state index contributed by atoms with van der Waals surface area (Å²) < 4.78 is 4.69. The Labute approximate surface area is 90.1 Å². The van der Waals surface area contributed by atoms with Crippen LogP contribution >= 0.6 is 11.8 Å². The molecule has 0 aliphatic heterocycles. The van der Waals surface area contributed by atoms with Crippen LogP contribution < -0.4 is 0 Å². The van der Waals surface area contributed by atoms with Crippen molar-refractivity contribution >= 4 is 17.7 Å². The van der Waals surface area contributed by atoms with Gasteiger partial charge in [-0.1, -0.05) is 6.08 Å². The van der Waals surface area contributed by atoms with Crippen molar-refractivity contribution < 1.29 is 9.53 Å². The minimum atomic E-state index is -0.0747. The van der Waals surface area contributed by atoms with Crippen LogP contribution in [0.4, 0.5) is 0 Å².